The van der Waals surface area contributed by atoms with Gasteiger partial charge in [-0.2, -0.15) is 0 Å². The van der Waals surface area contributed by atoms with Gasteiger partial charge in [0, 0.05) is 5.69 Å². The van der Waals surface area contributed by atoms with Gasteiger partial charge in [-0.05, 0) is 30.3 Å². The van der Waals surface area contributed by atoms with E-state index in [1.165, 1.54) is 30.3 Å². The molecule has 0 bridgehead atoms. The first kappa shape index (κ1) is 25.7. The van der Waals surface area contributed by atoms with E-state index in [-0.39, 0.29) is 37.6 Å². The van der Waals surface area contributed by atoms with E-state index < -0.39 is 34.4 Å². The minimum atomic E-state index is -3.97. The lowest BCUT2D eigenvalue weighted by molar-refractivity contribution is -0.114. The van der Waals surface area contributed by atoms with Crippen molar-refractivity contribution in [3.63, 3.8) is 0 Å². The monoisotopic (exact) mass is 522 g/mol. The molecule has 0 saturated heterocycles. The standard InChI is InChI=1S/C19H17Cl3N2O7S/c1-30-18(26)10-4-11(19(27)31-2)6-12(5-10)23-17(25)9-24(32(3,28)29)16-8-14(21)13(20)7-15(16)22/h4-8H,9H2,1-3H3,(H,23,25). The molecule has 0 aromatic heterocycles. The molecular weight excluding hydrogens is 507 g/mol. The summed E-state index contributed by atoms with van der Waals surface area (Å²) in [5.41, 5.74) is -0.0827. The smallest absolute Gasteiger partial charge is 0.337 e. The van der Waals surface area contributed by atoms with E-state index in [4.69, 9.17) is 34.8 Å². The number of carbonyl (C=O) groups excluding carboxylic acids is 3. The molecule has 172 valence electrons. The molecule has 0 aliphatic carbocycles. The summed E-state index contributed by atoms with van der Waals surface area (Å²) in [5, 5.41) is 2.53. The number of ether oxygens (including phenoxy) is 2. The van der Waals surface area contributed by atoms with Crippen molar-refractivity contribution in [2.75, 3.05) is 36.6 Å². The van der Waals surface area contributed by atoms with Crippen LogP contribution in [0.4, 0.5) is 11.4 Å². The van der Waals surface area contributed by atoms with Crippen molar-refractivity contribution in [1.82, 2.24) is 0 Å². The van der Waals surface area contributed by atoms with E-state index >= 15 is 0 Å². The Labute approximate surface area is 199 Å². The van der Waals surface area contributed by atoms with Gasteiger partial charge in [0.05, 0.1) is 52.4 Å². The van der Waals surface area contributed by atoms with Crippen LogP contribution in [0.15, 0.2) is 30.3 Å². The van der Waals surface area contributed by atoms with Crippen molar-refractivity contribution >= 4 is 74.0 Å². The lowest BCUT2D eigenvalue weighted by Gasteiger charge is -2.23. The number of sulfonamides is 1. The Morgan fingerprint density at radius 2 is 1.38 bits per heavy atom. The zero-order valence-corrected chi connectivity index (χ0v) is 20.0. The van der Waals surface area contributed by atoms with Crippen molar-refractivity contribution in [3.05, 3.63) is 56.5 Å². The average molecular weight is 524 g/mol. The number of benzene rings is 2. The van der Waals surface area contributed by atoms with Crippen LogP contribution in [-0.4, -0.2) is 53.3 Å². The molecule has 0 heterocycles. The highest BCUT2D eigenvalue weighted by molar-refractivity contribution is 7.92. The zero-order valence-electron chi connectivity index (χ0n) is 16.9. The lowest BCUT2D eigenvalue weighted by atomic mass is 10.1. The van der Waals surface area contributed by atoms with Gasteiger partial charge in [-0.15, -0.1) is 0 Å². The summed E-state index contributed by atoms with van der Waals surface area (Å²) in [5.74, 6) is -2.31. The number of hydrogen-bond donors (Lipinski definition) is 1. The molecule has 2 aromatic carbocycles. The maximum absolute atomic E-state index is 12.7. The molecule has 0 aliphatic rings. The zero-order chi connectivity index (χ0) is 24.2. The number of hydrogen-bond acceptors (Lipinski definition) is 7. The number of nitrogens with zero attached hydrogens (tertiary/aromatic N) is 1. The highest BCUT2D eigenvalue weighted by atomic mass is 35.5. The molecule has 2 aromatic rings. The molecule has 0 saturated carbocycles. The van der Waals surface area contributed by atoms with Gasteiger partial charge >= 0.3 is 11.9 Å². The largest absolute Gasteiger partial charge is 0.465 e. The highest BCUT2D eigenvalue weighted by Gasteiger charge is 2.25. The number of esters is 2. The molecule has 0 unspecified atom stereocenters. The maximum Gasteiger partial charge on any atom is 0.337 e. The number of halogens is 3. The Hall–Kier alpha value is -2.53. The number of carbonyl (C=O) groups is 3. The van der Waals surface area contributed by atoms with Crippen LogP contribution in [0.5, 0.6) is 0 Å². The van der Waals surface area contributed by atoms with E-state index in [2.05, 4.69) is 14.8 Å². The quantitative estimate of drug-likeness (QED) is 0.435. The van der Waals surface area contributed by atoms with Crippen LogP contribution in [0.3, 0.4) is 0 Å². The van der Waals surface area contributed by atoms with Gasteiger partial charge in [-0.3, -0.25) is 9.10 Å². The van der Waals surface area contributed by atoms with Crippen LogP contribution in [0.2, 0.25) is 15.1 Å². The fourth-order valence-corrected chi connectivity index (χ4v) is 4.14. The normalized spacial score (nSPS) is 10.9. The van der Waals surface area contributed by atoms with Crippen molar-refractivity contribution < 1.29 is 32.3 Å². The topological polar surface area (TPSA) is 119 Å². The molecule has 0 radical (unpaired) electrons. The molecular formula is C19H17Cl3N2O7S. The molecule has 1 amide bonds. The number of nitrogens with one attached hydrogen (secondary N) is 1. The van der Waals surface area contributed by atoms with Gasteiger partial charge in [0.2, 0.25) is 15.9 Å². The Kier molecular flexibility index (Phi) is 8.35. The molecule has 32 heavy (non-hydrogen) atoms. The van der Waals surface area contributed by atoms with Crippen LogP contribution < -0.4 is 9.62 Å². The maximum atomic E-state index is 12.7. The van der Waals surface area contributed by atoms with Crippen LogP contribution in [0.25, 0.3) is 0 Å². The summed E-state index contributed by atoms with van der Waals surface area (Å²) in [6.45, 7) is -0.688. The van der Waals surface area contributed by atoms with Crippen LogP contribution in [0, 0.1) is 0 Å². The van der Waals surface area contributed by atoms with Gasteiger partial charge < -0.3 is 14.8 Å². The summed E-state index contributed by atoms with van der Waals surface area (Å²) in [4.78, 5) is 36.4. The number of anilines is 2. The second-order valence-electron chi connectivity index (χ2n) is 6.32. The van der Waals surface area contributed by atoms with Gasteiger partial charge in [0.25, 0.3) is 0 Å². The molecule has 0 atom stereocenters. The van der Waals surface area contributed by atoms with Crippen LogP contribution in [0.1, 0.15) is 20.7 Å². The molecule has 9 nitrogen and oxygen atoms in total. The van der Waals surface area contributed by atoms with E-state index in [1.807, 2.05) is 0 Å². The van der Waals surface area contributed by atoms with Crippen molar-refractivity contribution in [2.45, 2.75) is 0 Å². The van der Waals surface area contributed by atoms with Gasteiger partial charge in [0.15, 0.2) is 0 Å². The molecule has 0 spiro atoms. The highest BCUT2D eigenvalue weighted by Crippen LogP contribution is 2.35. The Balaban J connectivity index is 2.39. The fourth-order valence-electron chi connectivity index (χ4n) is 2.59. The summed E-state index contributed by atoms with van der Waals surface area (Å²) >= 11 is 18.0. The predicted octanol–water partition coefficient (Wildman–Crippen LogP) is 3.62. The van der Waals surface area contributed by atoms with Crippen molar-refractivity contribution in [1.29, 1.82) is 0 Å². The molecule has 0 fully saturated rings. The Bertz CT molecular complexity index is 1150. The van der Waals surface area contributed by atoms with E-state index in [0.717, 1.165) is 24.8 Å². The van der Waals surface area contributed by atoms with Gasteiger partial charge in [-0.1, -0.05) is 34.8 Å². The Morgan fingerprint density at radius 1 is 0.875 bits per heavy atom. The number of amides is 1. The van der Waals surface area contributed by atoms with Gasteiger partial charge in [-0.25, -0.2) is 18.0 Å². The number of rotatable bonds is 7. The minimum absolute atomic E-state index is 0.0294. The average Bonchev–Trinajstić information content (AvgIpc) is 2.72. The van der Waals surface area contributed by atoms with Crippen LogP contribution in [-0.2, 0) is 24.3 Å². The molecule has 13 heteroatoms. The third-order valence-electron chi connectivity index (χ3n) is 4.00. The lowest BCUT2D eigenvalue weighted by Crippen LogP contribution is -2.37. The summed E-state index contributed by atoms with van der Waals surface area (Å²) in [6.07, 6.45) is 0.881. The fraction of sp³-hybridized carbons (Fsp3) is 0.211. The second kappa shape index (κ2) is 10.4. The van der Waals surface area contributed by atoms with Gasteiger partial charge in [0.1, 0.15) is 6.54 Å². The first-order valence-corrected chi connectivity index (χ1v) is 11.6. The Morgan fingerprint density at radius 3 is 1.84 bits per heavy atom. The summed E-state index contributed by atoms with van der Waals surface area (Å²) in [7, 11) is -1.67. The molecule has 2 rings (SSSR count). The molecule has 1 N–H and O–H groups in total. The van der Waals surface area contributed by atoms with E-state index in [9.17, 15) is 22.8 Å². The minimum Gasteiger partial charge on any atom is -0.465 e. The van der Waals surface area contributed by atoms with E-state index in [1.54, 1.807) is 0 Å². The van der Waals surface area contributed by atoms with E-state index in [0.29, 0.717) is 0 Å². The first-order chi connectivity index (χ1) is 14.9. The summed E-state index contributed by atoms with van der Waals surface area (Å²) in [6, 6.07) is 6.21. The summed E-state index contributed by atoms with van der Waals surface area (Å²) < 4.78 is 34.7. The van der Waals surface area contributed by atoms with Crippen molar-refractivity contribution in [2.24, 2.45) is 0 Å². The molecule has 0 aliphatic heterocycles. The third-order valence-corrected chi connectivity index (χ3v) is 6.16. The van der Waals surface area contributed by atoms with Crippen LogP contribution >= 0.6 is 34.8 Å². The number of methoxy groups -OCH3 is 2. The second-order valence-corrected chi connectivity index (χ2v) is 9.45. The third kappa shape index (κ3) is 6.26. The van der Waals surface area contributed by atoms with Crippen molar-refractivity contribution in [3.8, 4) is 0 Å². The first-order valence-electron chi connectivity index (χ1n) is 8.61. The SMILES string of the molecule is COC(=O)c1cc(NC(=O)CN(c2cc(Cl)c(Cl)cc2Cl)S(C)(=O)=O)cc(C(=O)OC)c1. The predicted molar refractivity (Wildman–Crippen MR) is 121 cm³/mol.